The minimum absolute atomic E-state index is 0.0385. The lowest BCUT2D eigenvalue weighted by molar-refractivity contribution is -0.114. The van der Waals surface area contributed by atoms with E-state index < -0.39 is 5.91 Å². The van der Waals surface area contributed by atoms with Gasteiger partial charge in [0.05, 0.1) is 22.5 Å². The van der Waals surface area contributed by atoms with Gasteiger partial charge in [-0.05, 0) is 73.6 Å². The van der Waals surface area contributed by atoms with Crippen molar-refractivity contribution in [1.29, 1.82) is 5.41 Å². The molecule has 4 heterocycles. The molecule has 32 heavy (non-hydrogen) atoms. The molecular formula is C22H15Cl2N5O2S. The van der Waals surface area contributed by atoms with Crippen molar-refractivity contribution in [2.45, 2.75) is 13.8 Å². The molecule has 0 bridgehead atoms. The molecule has 3 aromatic rings. The Hall–Kier alpha value is -3.07. The summed E-state index contributed by atoms with van der Waals surface area (Å²) in [6.45, 7) is 3.87. The van der Waals surface area contributed by atoms with Crippen LogP contribution in [0.3, 0.4) is 0 Å². The maximum Gasteiger partial charge on any atom is 0.283 e. The van der Waals surface area contributed by atoms with Gasteiger partial charge in [0.25, 0.3) is 5.91 Å². The van der Waals surface area contributed by atoms with Crippen molar-refractivity contribution in [1.82, 2.24) is 9.58 Å². The van der Waals surface area contributed by atoms with E-state index in [-0.39, 0.29) is 11.4 Å². The number of hydrogen-bond donors (Lipinski definition) is 1. The molecule has 5 rings (SSSR count). The Kier molecular flexibility index (Phi) is 5.08. The number of furan rings is 1. The number of carbonyl (C=O) groups excluding carboxylic acids is 1. The smallest absolute Gasteiger partial charge is 0.283 e. The van der Waals surface area contributed by atoms with Crippen molar-refractivity contribution in [3.8, 4) is 5.69 Å². The summed E-state index contributed by atoms with van der Waals surface area (Å²) >= 11 is 13.6. The van der Waals surface area contributed by atoms with E-state index in [1.165, 1.54) is 16.8 Å². The number of amides is 1. The van der Waals surface area contributed by atoms with E-state index in [0.29, 0.717) is 26.0 Å². The van der Waals surface area contributed by atoms with Gasteiger partial charge in [0, 0.05) is 16.4 Å². The third kappa shape index (κ3) is 3.40. The highest BCUT2D eigenvalue weighted by molar-refractivity contribution is 8.27. The van der Waals surface area contributed by atoms with Gasteiger partial charge in [0.1, 0.15) is 0 Å². The Morgan fingerprint density at radius 1 is 1.19 bits per heavy atom. The van der Waals surface area contributed by atoms with Crippen LogP contribution in [-0.4, -0.2) is 31.5 Å². The number of halogens is 2. The largest absolute Gasteiger partial charge is 0.462 e. The van der Waals surface area contributed by atoms with Gasteiger partial charge in [-0.1, -0.05) is 23.2 Å². The second-order valence-corrected chi connectivity index (χ2v) is 8.96. The number of nitrogens with zero attached hydrogens (tertiary/aromatic N) is 4. The van der Waals surface area contributed by atoms with Crippen LogP contribution in [0.15, 0.2) is 62.7 Å². The molecule has 1 aromatic carbocycles. The minimum Gasteiger partial charge on any atom is -0.462 e. The van der Waals surface area contributed by atoms with Crippen LogP contribution in [0, 0.1) is 19.3 Å². The molecule has 2 aliphatic heterocycles. The number of benzene rings is 1. The topological polar surface area (TPSA) is 87.0 Å². The molecule has 0 radical (unpaired) electrons. The standard InChI is InChI=1S/C22H15Cl2N5O2S/c1-11-8-13(12(2)28(11)17-6-5-14(23)10-16(17)24)9-15-19(25)29-22(26-20(15)30)32-21(27-29)18-4-3-7-31-18/h3-10,25H,1-2H3/b15-9-,25-19?. The van der Waals surface area contributed by atoms with Crippen LogP contribution in [0.5, 0.6) is 0 Å². The van der Waals surface area contributed by atoms with Gasteiger partial charge < -0.3 is 8.98 Å². The monoisotopic (exact) mass is 483 g/mol. The molecule has 0 fully saturated rings. The molecule has 0 saturated carbocycles. The number of thioether (sulfide) groups is 1. The zero-order chi connectivity index (χ0) is 22.6. The van der Waals surface area contributed by atoms with Crippen LogP contribution < -0.4 is 0 Å². The number of amidine groups is 2. The average molecular weight is 484 g/mol. The Morgan fingerprint density at radius 3 is 2.72 bits per heavy atom. The summed E-state index contributed by atoms with van der Waals surface area (Å²) < 4.78 is 7.36. The SMILES string of the molecule is Cc1cc(/C=C2/C(=N)N3N=C(c4ccco4)SC3=NC2=O)c(C)n1-c1ccc(Cl)cc1Cl. The number of aryl methyl sites for hydroxylation is 1. The van der Waals surface area contributed by atoms with E-state index in [1.807, 2.05) is 30.5 Å². The predicted molar refractivity (Wildman–Crippen MR) is 128 cm³/mol. The molecular weight excluding hydrogens is 469 g/mol. The third-order valence-electron chi connectivity index (χ3n) is 5.11. The van der Waals surface area contributed by atoms with Crippen molar-refractivity contribution in [3.05, 3.63) is 81.0 Å². The van der Waals surface area contributed by atoms with E-state index in [0.717, 1.165) is 22.6 Å². The maximum atomic E-state index is 12.8. The lowest BCUT2D eigenvalue weighted by atomic mass is 10.1. The lowest BCUT2D eigenvalue weighted by Gasteiger charge is -2.20. The van der Waals surface area contributed by atoms with Gasteiger partial charge in [0.2, 0.25) is 5.17 Å². The first-order valence-corrected chi connectivity index (χ1v) is 11.1. The molecule has 2 aromatic heterocycles. The third-order valence-corrected chi connectivity index (χ3v) is 6.57. The highest BCUT2D eigenvalue weighted by Crippen LogP contribution is 2.33. The predicted octanol–water partition coefficient (Wildman–Crippen LogP) is 5.66. The van der Waals surface area contributed by atoms with Gasteiger partial charge in [-0.3, -0.25) is 10.2 Å². The first-order valence-electron chi connectivity index (χ1n) is 9.52. The summed E-state index contributed by atoms with van der Waals surface area (Å²) in [5.74, 6) is 0.0311. The first-order chi connectivity index (χ1) is 15.3. The van der Waals surface area contributed by atoms with Crippen LogP contribution in [0.1, 0.15) is 22.7 Å². The molecule has 1 N–H and O–H groups in total. The first kappa shape index (κ1) is 20.8. The molecule has 7 nitrogen and oxygen atoms in total. The Labute approximate surface area is 197 Å². The van der Waals surface area contributed by atoms with Crippen molar-refractivity contribution >= 4 is 63.0 Å². The average Bonchev–Trinajstić information content (AvgIpc) is 3.46. The molecule has 2 aliphatic rings. The zero-order valence-electron chi connectivity index (χ0n) is 16.9. The highest BCUT2D eigenvalue weighted by Gasteiger charge is 2.36. The highest BCUT2D eigenvalue weighted by atomic mass is 35.5. The normalized spacial score (nSPS) is 17.1. The Balaban J connectivity index is 1.54. The summed E-state index contributed by atoms with van der Waals surface area (Å²) in [6, 6.07) is 10.8. The maximum absolute atomic E-state index is 12.8. The summed E-state index contributed by atoms with van der Waals surface area (Å²) in [4.78, 5) is 16.9. The number of carbonyl (C=O) groups is 1. The second kappa shape index (κ2) is 7.81. The van der Waals surface area contributed by atoms with E-state index in [2.05, 4.69) is 10.1 Å². The van der Waals surface area contributed by atoms with Gasteiger partial charge in [-0.2, -0.15) is 15.1 Å². The lowest BCUT2D eigenvalue weighted by Crippen LogP contribution is -2.35. The number of nitrogens with one attached hydrogen (secondary N) is 1. The number of hydrogen-bond acceptors (Lipinski definition) is 5. The summed E-state index contributed by atoms with van der Waals surface area (Å²) in [6.07, 6.45) is 3.21. The summed E-state index contributed by atoms with van der Waals surface area (Å²) in [7, 11) is 0. The molecule has 0 unspecified atom stereocenters. The van der Waals surface area contributed by atoms with Gasteiger partial charge in [-0.15, -0.1) is 0 Å². The van der Waals surface area contributed by atoms with Crippen LogP contribution in [-0.2, 0) is 4.79 Å². The molecule has 160 valence electrons. The second-order valence-electron chi connectivity index (χ2n) is 7.16. The summed E-state index contributed by atoms with van der Waals surface area (Å²) in [5, 5.41) is 16.3. The number of aromatic nitrogens is 1. The number of rotatable bonds is 3. The molecule has 0 aliphatic carbocycles. The van der Waals surface area contributed by atoms with Crippen LogP contribution in [0.25, 0.3) is 11.8 Å². The fourth-order valence-corrected chi connectivity index (χ4v) is 4.97. The van der Waals surface area contributed by atoms with Crippen LogP contribution in [0.4, 0.5) is 0 Å². The summed E-state index contributed by atoms with van der Waals surface area (Å²) in [5.41, 5.74) is 3.51. The molecule has 1 amide bonds. The fraction of sp³-hybridized carbons (Fsp3) is 0.0909. The van der Waals surface area contributed by atoms with Crippen molar-refractivity contribution < 1.29 is 9.21 Å². The van der Waals surface area contributed by atoms with Crippen molar-refractivity contribution in [2.75, 3.05) is 0 Å². The van der Waals surface area contributed by atoms with Crippen molar-refractivity contribution in [3.63, 3.8) is 0 Å². The number of fused-ring (bicyclic) bond motifs is 1. The molecule has 10 heteroatoms. The zero-order valence-corrected chi connectivity index (χ0v) is 19.2. The van der Waals surface area contributed by atoms with Crippen molar-refractivity contribution in [2.24, 2.45) is 10.1 Å². The number of aliphatic imine (C=N–C) groups is 1. The number of hydrazone groups is 1. The van der Waals surface area contributed by atoms with Gasteiger partial charge in [0.15, 0.2) is 16.6 Å². The minimum atomic E-state index is -0.487. The van der Waals surface area contributed by atoms with Gasteiger partial charge in [-0.25, -0.2) is 0 Å². The molecule has 0 spiro atoms. The fourth-order valence-electron chi connectivity index (χ4n) is 3.61. The Morgan fingerprint density at radius 2 is 2.00 bits per heavy atom. The molecule has 0 atom stereocenters. The quantitative estimate of drug-likeness (QED) is 0.486. The van der Waals surface area contributed by atoms with E-state index in [9.17, 15) is 4.79 Å². The van der Waals surface area contributed by atoms with Gasteiger partial charge >= 0.3 is 0 Å². The van der Waals surface area contributed by atoms with E-state index in [1.54, 1.807) is 36.6 Å². The van der Waals surface area contributed by atoms with E-state index >= 15 is 0 Å². The Bertz CT molecular complexity index is 1390. The van der Waals surface area contributed by atoms with Crippen LogP contribution >= 0.6 is 35.0 Å². The van der Waals surface area contributed by atoms with E-state index in [4.69, 9.17) is 33.0 Å². The van der Waals surface area contributed by atoms with Crippen LogP contribution in [0.2, 0.25) is 10.0 Å². The molecule has 0 saturated heterocycles.